The van der Waals surface area contributed by atoms with Crippen molar-refractivity contribution in [3.8, 4) is 0 Å². The lowest BCUT2D eigenvalue weighted by atomic mass is 10.1. The molecule has 0 aromatic carbocycles. The van der Waals surface area contributed by atoms with Gasteiger partial charge in [0.25, 0.3) is 0 Å². The van der Waals surface area contributed by atoms with Crippen molar-refractivity contribution in [1.29, 1.82) is 0 Å². The first kappa shape index (κ1) is 10.5. The summed E-state index contributed by atoms with van der Waals surface area (Å²) in [6.07, 6.45) is 8.91. The standard InChI is InChI=1S/C11H23P/c1-4-5-6-10(2)9-12(3)11-7-8-11/h10-11H,4-9H2,1-3H3. The van der Waals surface area contributed by atoms with E-state index in [1.807, 2.05) is 0 Å². The highest BCUT2D eigenvalue weighted by Gasteiger charge is 2.27. The van der Waals surface area contributed by atoms with Crippen LogP contribution < -0.4 is 0 Å². The lowest BCUT2D eigenvalue weighted by Gasteiger charge is -2.16. The summed E-state index contributed by atoms with van der Waals surface area (Å²) in [5, 5.41) is 0. The van der Waals surface area contributed by atoms with Crippen LogP contribution in [-0.4, -0.2) is 18.5 Å². The molecule has 0 spiro atoms. The summed E-state index contributed by atoms with van der Waals surface area (Å²) in [4.78, 5) is 0. The minimum absolute atomic E-state index is 0.416. The summed E-state index contributed by atoms with van der Waals surface area (Å²) in [7, 11) is 0.416. The van der Waals surface area contributed by atoms with E-state index in [1.165, 1.54) is 24.9 Å². The SMILES string of the molecule is CCCCC(C)CP(C)C1CC1. The zero-order chi connectivity index (χ0) is 8.97. The molecule has 0 aromatic rings. The van der Waals surface area contributed by atoms with Crippen LogP contribution in [0.25, 0.3) is 0 Å². The van der Waals surface area contributed by atoms with E-state index in [9.17, 15) is 0 Å². The third-order valence-corrected chi connectivity index (χ3v) is 5.78. The maximum atomic E-state index is 2.51. The molecule has 0 aromatic heterocycles. The van der Waals surface area contributed by atoms with Crippen LogP contribution in [-0.2, 0) is 0 Å². The Morgan fingerprint density at radius 1 is 1.42 bits per heavy atom. The molecule has 0 saturated heterocycles. The summed E-state index contributed by atoms with van der Waals surface area (Å²) in [6, 6.07) is 0. The molecule has 1 fully saturated rings. The van der Waals surface area contributed by atoms with Crippen LogP contribution in [0.5, 0.6) is 0 Å². The van der Waals surface area contributed by atoms with E-state index in [0.29, 0.717) is 7.92 Å². The summed E-state index contributed by atoms with van der Waals surface area (Å²) in [5.74, 6) is 1.00. The Morgan fingerprint density at radius 3 is 2.58 bits per heavy atom. The number of unbranched alkanes of at least 4 members (excludes halogenated alkanes) is 1. The van der Waals surface area contributed by atoms with E-state index in [-0.39, 0.29) is 0 Å². The fourth-order valence-corrected chi connectivity index (χ4v) is 4.29. The van der Waals surface area contributed by atoms with Gasteiger partial charge in [-0.25, -0.2) is 0 Å². The van der Waals surface area contributed by atoms with Crippen LogP contribution in [0.3, 0.4) is 0 Å². The molecule has 0 N–H and O–H groups in total. The summed E-state index contributed by atoms with van der Waals surface area (Å²) in [6.45, 7) is 7.24. The average Bonchev–Trinajstić information content (AvgIpc) is 2.82. The molecule has 2 unspecified atom stereocenters. The van der Waals surface area contributed by atoms with Crippen LogP contribution in [0, 0.1) is 5.92 Å². The quantitative estimate of drug-likeness (QED) is 0.548. The van der Waals surface area contributed by atoms with E-state index in [4.69, 9.17) is 0 Å². The molecule has 0 nitrogen and oxygen atoms in total. The van der Waals surface area contributed by atoms with Gasteiger partial charge in [-0.05, 0) is 37.2 Å². The van der Waals surface area contributed by atoms with Gasteiger partial charge in [0, 0.05) is 0 Å². The van der Waals surface area contributed by atoms with Crippen LogP contribution in [0.4, 0.5) is 0 Å². The number of hydrogen-bond donors (Lipinski definition) is 0. The molecular weight excluding hydrogens is 163 g/mol. The predicted molar refractivity (Wildman–Crippen MR) is 59.4 cm³/mol. The maximum Gasteiger partial charge on any atom is -0.0211 e. The molecule has 1 aliphatic carbocycles. The van der Waals surface area contributed by atoms with Crippen LogP contribution in [0.15, 0.2) is 0 Å². The van der Waals surface area contributed by atoms with Gasteiger partial charge in [0.05, 0.1) is 0 Å². The van der Waals surface area contributed by atoms with Crippen molar-refractivity contribution in [3.63, 3.8) is 0 Å². The van der Waals surface area contributed by atoms with E-state index in [1.54, 1.807) is 19.0 Å². The Bertz CT molecular complexity index is 118. The van der Waals surface area contributed by atoms with Gasteiger partial charge < -0.3 is 0 Å². The van der Waals surface area contributed by atoms with Crippen molar-refractivity contribution in [2.45, 2.75) is 51.6 Å². The van der Waals surface area contributed by atoms with Crippen molar-refractivity contribution in [2.24, 2.45) is 5.92 Å². The summed E-state index contributed by atoms with van der Waals surface area (Å²) in [5.41, 5.74) is 1.17. The maximum absolute atomic E-state index is 2.51. The highest BCUT2D eigenvalue weighted by Crippen LogP contribution is 2.52. The zero-order valence-corrected chi connectivity index (χ0v) is 9.74. The second-order valence-corrected chi connectivity index (χ2v) is 7.03. The Labute approximate surface area is 78.9 Å². The molecule has 12 heavy (non-hydrogen) atoms. The largest absolute Gasteiger partial charge is 0.106 e. The smallest absolute Gasteiger partial charge is 0.0211 e. The van der Waals surface area contributed by atoms with Gasteiger partial charge in [-0.2, -0.15) is 0 Å². The molecule has 1 saturated carbocycles. The van der Waals surface area contributed by atoms with Gasteiger partial charge >= 0.3 is 0 Å². The average molecular weight is 186 g/mol. The minimum atomic E-state index is 0.416. The number of rotatable bonds is 6. The highest BCUT2D eigenvalue weighted by molar-refractivity contribution is 7.57. The van der Waals surface area contributed by atoms with Gasteiger partial charge in [-0.3, -0.25) is 0 Å². The topological polar surface area (TPSA) is 0 Å². The summed E-state index contributed by atoms with van der Waals surface area (Å²) >= 11 is 0. The van der Waals surface area contributed by atoms with Gasteiger partial charge in [-0.1, -0.05) is 33.1 Å². The van der Waals surface area contributed by atoms with Crippen molar-refractivity contribution >= 4 is 7.92 Å². The monoisotopic (exact) mass is 186 g/mol. The van der Waals surface area contributed by atoms with E-state index >= 15 is 0 Å². The van der Waals surface area contributed by atoms with Gasteiger partial charge in [0.1, 0.15) is 0 Å². The molecule has 72 valence electrons. The number of hydrogen-bond acceptors (Lipinski definition) is 0. The Kier molecular flexibility index (Phi) is 4.57. The Hall–Kier alpha value is 0.430. The van der Waals surface area contributed by atoms with Crippen LogP contribution in [0.2, 0.25) is 0 Å². The molecule has 0 bridgehead atoms. The van der Waals surface area contributed by atoms with Crippen molar-refractivity contribution in [3.05, 3.63) is 0 Å². The molecular formula is C11H23P. The lowest BCUT2D eigenvalue weighted by Crippen LogP contribution is -2.01. The van der Waals surface area contributed by atoms with Gasteiger partial charge in [0.2, 0.25) is 0 Å². The molecule has 0 heterocycles. The molecule has 1 aliphatic rings. The van der Waals surface area contributed by atoms with E-state index < -0.39 is 0 Å². The first-order valence-corrected chi connectivity index (χ1v) is 7.48. The minimum Gasteiger partial charge on any atom is -0.106 e. The van der Waals surface area contributed by atoms with Crippen LogP contribution in [0.1, 0.15) is 46.0 Å². The molecule has 0 radical (unpaired) electrons. The predicted octanol–water partition coefficient (Wildman–Crippen LogP) is 4.09. The molecule has 1 heteroatoms. The van der Waals surface area contributed by atoms with Crippen molar-refractivity contribution < 1.29 is 0 Å². The van der Waals surface area contributed by atoms with E-state index in [0.717, 1.165) is 5.92 Å². The molecule has 1 rings (SSSR count). The fraction of sp³-hybridized carbons (Fsp3) is 1.00. The van der Waals surface area contributed by atoms with Crippen LogP contribution >= 0.6 is 7.92 Å². The van der Waals surface area contributed by atoms with Gasteiger partial charge in [-0.15, -0.1) is 7.92 Å². The highest BCUT2D eigenvalue weighted by atomic mass is 31.1. The van der Waals surface area contributed by atoms with Crippen molar-refractivity contribution in [2.75, 3.05) is 12.8 Å². The normalized spacial score (nSPS) is 22.2. The lowest BCUT2D eigenvalue weighted by molar-refractivity contribution is 0.555. The Balaban J connectivity index is 2.03. The van der Waals surface area contributed by atoms with Crippen molar-refractivity contribution in [1.82, 2.24) is 0 Å². The van der Waals surface area contributed by atoms with E-state index in [2.05, 4.69) is 20.5 Å². The molecule has 0 aliphatic heterocycles. The first-order valence-electron chi connectivity index (χ1n) is 5.44. The molecule has 0 amide bonds. The first-order chi connectivity index (χ1) is 5.74. The fourth-order valence-electron chi connectivity index (χ4n) is 1.80. The summed E-state index contributed by atoms with van der Waals surface area (Å²) < 4.78 is 0. The second-order valence-electron chi connectivity index (χ2n) is 4.42. The third kappa shape index (κ3) is 3.90. The molecule has 2 atom stereocenters. The second kappa shape index (κ2) is 5.22. The Morgan fingerprint density at radius 2 is 2.08 bits per heavy atom. The third-order valence-electron chi connectivity index (χ3n) is 2.82. The zero-order valence-electron chi connectivity index (χ0n) is 8.84. The van der Waals surface area contributed by atoms with Gasteiger partial charge in [0.15, 0.2) is 0 Å².